The fourth-order valence-corrected chi connectivity index (χ4v) is 2.21. The molecule has 7 heteroatoms. The number of carbonyl (C=O) groups is 2. The van der Waals surface area contributed by atoms with E-state index < -0.39 is 11.8 Å². The van der Waals surface area contributed by atoms with E-state index in [-0.39, 0.29) is 18.8 Å². The van der Waals surface area contributed by atoms with Gasteiger partial charge >= 0.3 is 11.8 Å². The number of rotatable bonds is 5. The number of hydrogen-bond donors (Lipinski definition) is 3. The van der Waals surface area contributed by atoms with Gasteiger partial charge in [-0.1, -0.05) is 35.9 Å². The minimum Gasteiger partial charge on any atom is -0.497 e. The van der Waals surface area contributed by atoms with Gasteiger partial charge in [0.2, 0.25) is 0 Å². The Morgan fingerprint density at radius 2 is 1.83 bits per heavy atom. The Morgan fingerprint density at radius 1 is 1.12 bits per heavy atom. The van der Waals surface area contributed by atoms with E-state index in [0.29, 0.717) is 16.3 Å². The van der Waals surface area contributed by atoms with Crippen molar-refractivity contribution in [1.29, 1.82) is 0 Å². The van der Waals surface area contributed by atoms with E-state index in [1.807, 2.05) is 0 Å². The zero-order valence-corrected chi connectivity index (χ0v) is 13.8. The number of hydrogen-bond acceptors (Lipinski definition) is 4. The molecular formula is C17H17ClN2O4. The number of ether oxygens (including phenoxy) is 1. The third kappa shape index (κ3) is 4.47. The molecule has 0 aliphatic heterocycles. The maximum atomic E-state index is 12.0. The lowest BCUT2D eigenvalue weighted by Gasteiger charge is -2.10. The van der Waals surface area contributed by atoms with Gasteiger partial charge in [-0.3, -0.25) is 9.59 Å². The molecule has 0 saturated heterocycles. The van der Waals surface area contributed by atoms with Gasteiger partial charge in [-0.2, -0.15) is 0 Å². The number of anilines is 1. The third-order valence-corrected chi connectivity index (χ3v) is 3.69. The summed E-state index contributed by atoms with van der Waals surface area (Å²) in [6, 6.07) is 11.8. The fraction of sp³-hybridized carbons (Fsp3) is 0.176. The van der Waals surface area contributed by atoms with Crippen LogP contribution in [0.25, 0.3) is 0 Å². The highest BCUT2D eigenvalue weighted by atomic mass is 35.5. The molecule has 2 aromatic carbocycles. The Labute approximate surface area is 144 Å². The van der Waals surface area contributed by atoms with E-state index in [0.717, 1.165) is 5.56 Å². The van der Waals surface area contributed by atoms with Crippen LogP contribution in [-0.4, -0.2) is 24.0 Å². The quantitative estimate of drug-likeness (QED) is 0.722. The van der Waals surface area contributed by atoms with Crippen LogP contribution in [0.4, 0.5) is 5.69 Å². The Bertz CT molecular complexity index is 749. The van der Waals surface area contributed by atoms with Gasteiger partial charge in [-0.15, -0.1) is 0 Å². The van der Waals surface area contributed by atoms with Crippen LogP contribution in [0.3, 0.4) is 0 Å². The summed E-state index contributed by atoms with van der Waals surface area (Å²) in [5, 5.41) is 14.5. The monoisotopic (exact) mass is 348 g/mol. The topological polar surface area (TPSA) is 87.7 Å². The van der Waals surface area contributed by atoms with Crippen molar-refractivity contribution >= 4 is 29.1 Å². The molecule has 0 atom stereocenters. The van der Waals surface area contributed by atoms with E-state index in [1.165, 1.54) is 13.2 Å². The number of aliphatic hydroxyl groups is 1. The highest BCUT2D eigenvalue weighted by Crippen LogP contribution is 2.26. The Morgan fingerprint density at radius 3 is 2.50 bits per heavy atom. The largest absolute Gasteiger partial charge is 0.497 e. The molecule has 24 heavy (non-hydrogen) atoms. The molecule has 2 aromatic rings. The van der Waals surface area contributed by atoms with Crippen molar-refractivity contribution in [1.82, 2.24) is 5.32 Å². The fourth-order valence-electron chi connectivity index (χ4n) is 2.05. The average Bonchev–Trinajstić information content (AvgIpc) is 2.61. The summed E-state index contributed by atoms with van der Waals surface area (Å²) in [7, 11) is 1.49. The molecular weight excluding hydrogens is 332 g/mol. The molecule has 126 valence electrons. The molecule has 0 saturated carbocycles. The molecule has 0 aliphatic rings. The van der Waals surface area contributed by atoms with E-state index in [1.54, 1.807) is 36.4 Å². The van der Waals surface area contributed by atoms with E-state index in [2.05, 4.69) is 10.6 Å². The van der Waals surface area contributed by atoms with Crippen molar-refractivity contribution in [2.45, 2.75) is 13.2 Å². The first kappa shape index (κ1) is 17.8. The number of aliphatic hydroxyl groups excluding tert-OH is 1. The number of amides is 2. The lowest BCUT2D eigenvalue weighted by atomic mass is 10.1. The van der Waals surface area contributed by atoms with Gasteiger partial charge in [0.15, 0.2) is 0 Å². The van der Waals surface area contributed by atoms with Crippen LogP contribution in [0, 0.1) is 0 Å². The van der Waals surface area contributed by atoms with Crippen LogP contribution >= 0.6 is 11.6 Å². The summed E-state index contributed by atoms with van der Waals surface area (Å²) in [5.41, 5.74) is 1.71. The molecule has 3 N–H and O–H groups in total. The van der Waals surface area contributed by atoms with Crippen molar-refractivity contribution in [2.75, 3.05) is 12.4 Å². The van der Waals surface area contributed by atoms with Crippen LogP contribution < -0.4 is 15.4 Å². The molecule has 0 fully saturated rings. The highest BCUT2D eigenvalue weighted by molar-refractivity contribution is 6.41. The number of carbonyl (C=O) groups excluding carboxylic acids is 2. The molecule has 0 aromatic heterocycles. The zero-order chi connectivity index (χ0) is 17.5. The van der Waals surface area contributed by atoms with E-state index >= 15 is 0 Å². The maximum Gasteiger partial charge on any atom is 0.313 e. The maximum absolute atomic E-state index is 12.0. The van der Waals surface area contributed by atoms with Gasteiger partial charge in [0.1, 0.15) is 5.75 Å². The molecule has 0 unspecified atom stereocenters. The van der Waals surface area contributed by atoms with Gasteiger partial charge in [0.25, 0.3) is 0 Å². The third-order valence-electron chi connectivity index (χ3n) is 3.36. The zero-order valence-electron chi connectivity index (χ0n) is 13.0. The van der Waals surface area contributed by atoms with Crippen LogP contribution in [0.15, 0.2) is 42.5 Å². The normalized spacial score (nSPS) is 10.1. The minimum atomic E-state index is -0.841. The van der Waals surface area contributed by atoms with Gasteiger partial charge in [-0.25, -0.2) is 0 Å². The Hall–Kier alpha value is -2.57. The number of halogens is 1. The predicted octanol–water partition coefficient (Wildman–Crippen LogP) is 2.10. The second kappa shape index (κ2) is 8.33. The SMILES string of the molecule is COc1ccc(Cl)c(NC(=O)C(=O)NCc2ccccc2CO)c1. The Balaban J connectivity index is 1.99. The van der Waals surface area contributed by atoms with Crippen LogP contribution in [-0.2, 0) is 22.7 Å². The second-order valence-corrected chi connectivity index (χ2v) is 5.32. The van der Waals surface area contributed by atoms with Gasteiger partial charge < -0.3 is 20.5 Å². The van der Waals surface area contributed by atoms with Crippen LogP contribution in [0.2, 0.25) is 5.02 Å². The number of nitrogens with one attached hydrogen (secondary N) is 2. The molecule has 6 nitrogen and oxygen atoms in total. The van der Waals surface area contributed by atoms with Gasteiger partial charge in [0.05, 0.1) is 24.4 Å². The molecule has 2 amide bonds. The van der Waals surface area contributed by atoms with Gasteiger partial charge in [-0.05, 0) is 23.3 Å². The second-order valence-electron chi connectivity index (χ2n) is 4.91. The summed E-state index contributed by atoms with van der Waals surface area (Å²) < 4.78 is 5.05. The van der Waals surface area contributed by atoms with E-state index in [9.17, 15) is 14.7 Å². The molecule has 0 bridgehead atoms. The summed E-state index contributed by atoms with van der Waals surface area (Å²) in [6.45, 7) is -0.00745. The standard InChI is InChI=1S/C17H17ClN2O4/c1-24-13-6-7-14(18)15(8-13)20-17(23)16(22)19-9-11-4-2-3-5-12(11)10-21/h2-8,21H,9-10H2,1H3,(H,19,22)(H,20,23). The molecule has 2 rings (SSSR count). The lowest BCUT2D eigenvalue weighted by Crippen LogP contribution is -2.35. The highest BCUT2D eigenvalue weighted by Gasteiger charge is 2.16. The molecule has 0 aliphatic carbocycles. The first-order chi connectivity index (χ1) is 11.5. The summed E-state index contributed by atoms with van der Waals surface area (Å²) >= 11 is 5.98. The summed E-state index contributed by atoms with van der Waals surface area (Å²) in [6.07, 6.45) is 0. The van der Waals surface area contributed by atoms with Gasteiger partial charge in [0, 0.05) is 12.6 Å². The summed E-state index contributed by atoms with van der Waals surface area (Å²) in [4.78, 5) is 23.9. The average molecular weight is 349 g/mol. The first-order valence-corrected chi connectivity index (χ1v) is 7.53. The first-order valence-electron chi connectivity index (χ1n) is 7.15. The summed E-state index contributed by atoms with van der Waals surface area (Å²) in [5.74, 6) is -1.14. The van der Waals surface area contributed by atoms with E-state index in [4.69, 9.17) is 16.3 Å². The number of benzene rings is 2. The molecule has 0 heterocycles. The minimum absolute atomic E-state index is 0.134. The van der Waals surface area contributed by atoms with Crippen molar-refractivity contribution in [3.63, 3.8) is 0 Å². The van der Waals surface area contributed by atoms with Crippen molar-refractivity contribution in [2.24, 2.45) is 0 Å². The number of methoxy groups -OCH3 is 1. The van der Waals surface area contributed by atoms with Crippen molar-refractivity contribution < 1.29 is 19.4 Å². The van der Waals surface area contributed by atoms with Crippen molar-refractivity contribution in [3.8, 4) is 5.75 Å². The molecule has 0 spiro atoms. The van der Waals surface area contributed by atoms with Crippen LogP contribution in [0.1, 0.15) is 11.1 Å². The smallest absolute Gasteiger partial charge is 0.313 e. The van der Waals surface area contributed by atoms with Crippen molar-refractivity contribution in [3.05, 3.63) is 58.6 Å². The lowest BCUT2D eigenvalue weighted by molar-refractivity contribution is -0.136. The predicted molar refractivity (Wildman–Crippen MR) is 90.8 cm³/mol. The van der Waals surface area contributed by atoms with Crippen LogP contribution in [0.5, 0.6) is 5.75 Å². The molecule has 0 radical (unpaired) electrons. The Kier molecular flexibility index (Phi) is 6.17.